The molecule has 4 nitrogen and oxygen atoms in total. The molecule has 0 amide bonds. The summed E-state index contributed by atoms with van der Waals surface area (Å²) >= 11 is 0. The zero-order valence-corrected chi connectivity index (χ0v) is 12.3. The van der Waals surface area contributed by atoms with E-state index in [0.717, 1.165) is 18.7 Å². The lowest BCUT2D eigenvalue weighted by Crippen LogP contribution is -2.27. The van der Waals surface area contributed by atoms with Crippen LogP contribution < -0.4 is 5.32 Å². The van der Waals surface area contributed by atoms with Crippen molar-refractivity contribution in [1.29, 1.82) is 0 Å². The van der Waals surface area contributed by atoms with Gasteiger partial charge in [-0.05, 0) is 18.4 Å². The van der Waals surface area contributed by atoms with E-state index >= 15 is 0 Å². The van der Waals surface area contributed by atoms with Gasteiger partial charge in [-0.3, -0.25) is 0 Å². The summed E-state index contributed by atoms with van der Waals surface area (Å²) in [5.74, 6) is 1.42. The van der Waals surface area contributed by atoms with Crippen molar-refractivity contribution < 1.29 is 4.52 Å². The van der Waals surface area contributed by atoms with E-state index in [-0.39, 0.29) is 0 Å². The van der Waals surface area contributed by atoms with Gasteiger partial charge in [-0.2, -0.15) is 4.98 Å². The Morgan fingerprint density at radius 2 is 2.00 bits per heavy atom. The fraction of sp³-hybridized carbons (Fsp3) is 0.500. The van der Waals surface area contributed by atoms with Gasteiger partial charge in [-0.15, -0.1) is 0 Å². The summed E-state index contributed by atoms with van der Waals surface area (Å²) < 4.78 is 5.29. The highest BCUT2D eigenvalue weighted by Crippen LogP contribution is 2.07. The minimum atomic E-state index is 0.532. The maximum absolute atomic E-state index is 5.29. The highest BCUT2D eigenvalue weighted by atomic mass is 16.5. The first-order valence-electron chi connectivity index (χ1n) is 7.40. The zero-order chi connectivity index (χ0) is 14.2. The molecule has 108 valence electrons. The highest BCUT2D eigenvalue weighted by molar-refractivity contribution is 5.18. The lowest BCUT2D eigenvalue weighted by Gasteiger charge is -2.13. The Hall–Kier alpha value is -1.68. The van der Waals surface area contributed by atoms with Crippen LogP contribution in [-0.2, 0) is 13.0 Å². The molecule has 4 heteroatoms. The van der Waals surface area contributed by atoms with Crippen molar-refractivity contribution in [3.63, 3.8) is 0 Å². The van der Waals surface area contributed by atoms with Crippen LogP contribution in [0.1, 0.15) is 50.4 Å². The topological polar surface area (TPSA) is 51.0 Å². The molecule has 1 N–H and O–H groups in total. The Bertz CT molecular complexity index is 495. The van der Waals surface area contributed by atoms with Crippen LogP contribution in [0.3, 0.4) is 0 Å². The maximum Gasteiger partial charge on any atom is 0.240 e. The number of hydrogen-bond acceptors (Lipinski definition) is 4. The largest absolute Gasteiger partial charge is 0.338 e. The van der Waals surface area contributed by atoms with E-state index in [1.54, 1.807) is 0 Å². The predicted octanol–water partition coefficient (Wildman–Crippen LogP) is 3.33. The van der Waals surface area contributed by atoms with Crippen LogP contribution in [-0.4, -0.2) is 16.2 Å². The molecule has 0 spiro atoms. The van der Waals surface area contributed by atoms with E-state index in [1.807, 2.05) is 18.2 Å². The summed E-state index contributed by atoms with van der Waals surface area (Å²) in [6.45, 7) is 5.05. The molecule has 0 aliphatic heterocycles. The molecule has 1 unspecified atom stereocenters. The van der Waals surface area contributed by atoms with Gasteiger partial charge in [0.1, 0.15) is 0 Å². The van der Waals surface area contributed by atoms with Crippen LogP contribution in [0.5, 0.6) is 0 Å². The minimum absolute atomic E-state index is 0.532. The Labute approximate surface area is 120 Å². The van der Waals surface area contributed by atoms with Gasteiger partial charge in [-0.25, -0.2) is 0 Å². The molecule has 0 aliphatic carbocycles. The van der Waals surface area contributed by atoms with E-state index in [4.69, 9.17) is 4.52 Å². The van der Waals surface area contributed by atoms with Gasteiger partial charge >= 0.3 is 0 Å². The number of hydrogen-bond donors (Lipinski definition) is 1. The van der Waals surface area contributed by atoms with Gasteiger partial charge in [-0.1, -0.05) is 55.8 Å². The van der Waals surface area contributed by atoms with E-state index in [2.05, 4.69) is 41.4 Å². The first-order chi connectivity index (χ1) is 9.81. The molecule has 0 fully saturated rings. The maximum atomic E-state index is 5.29. The third-order valence-corrected chi connectivity index (χ3v) is 3.39. The molecule has 1 heterocycles. The first-order valence-corrected chi connectivity index (χ1v) is 7.40. The fourth-order valence-corrected chi connectivity index (χ4v) is 2.24. The van der Waals surface area contributed by atoms with E-state index in [1.165, 1.54) is 18.4 Å². The fourth-order valence-electron chi connectivity index (χ4n) is 2.24. The molecule has 0 radical (unpaired) electrons. The summed E-state index contributed by atoms with van der Waals surface area (Å²) in [5.41, 5.74) is 1.20. The minimum Gasteiger partial charge on any atom is -0.338 e. The Morgan fingerprint density at radius 3 is 2.70 bits per heavy atom. The van der Waals surface area contributed by atoms with Crippen molar-refractivity contribution in [2.24, 2.45) is 0 Å². The van der Waals surface area contributed by atoms with Crippen molar-refractivity contribution in [3.8, 4) is 0 Å². The third kappa shape index (κ3) is 4.46. The SMILES string of the molecule is CCCC(CC)NCc1nc(Cc2ccccc2)no1. The monoisotopic (exact) mass is 273 g/mol. The standard InChI is InChI=1S/C16H23N3O/c1-3-8-14(4-2)17-12-16-18-15(19-20-16)11-13-9-6-5-7-10-13/h5-7,9-10,14,17H,3-4,8,11-12H2,1-2H3. The molecule has 0 aliphatic rings. The second-order valence-corrected chi connectivity index (χ2v) is 5.04. The molecule has 0 saturated carbocycles. The van der Waals surface area contributed by atoms with Gasteiger partial charge in [0.05, 0.1) is 6.54 Å². The Kier molecular flexibility index (Phi) is 5.74. The number of nitrogens with zero attached hydrogens (tertiary/aromatic N) is 2. The van der Waals surface area contributed by atoms with Gasteiger partial charge in [0.15, 0.2) is 5.82 Å². The predicted molar refractivity (Wildman–Crippen MR) is 79.4 cm³/mol. The zero-order valence-electron chi connectivity index (χ0n) is 12.3. The van der Waals surface area contributed by atoms with E-state index < -0.39 is 0 Å². The number of nitrogens with one attached hydrogen (secondary N) is 1. The normalized spacial score (nSPS) is 12.5. The van der Waals surface area contributed by atoms with Crippen LogP contribution >= 0.6 is 0 Å². The Balaban J connectivity index is 1.86. The molecule has 20 heavy (non-hydrogen) atoms. The van der Waals surface area contributed by atoms with Crippen molar-refractivity contribution in [3.05, 3.63) is 47.6 Å². The second kappa shape index (κ2) is 7.80. The van der Waals surface area contributed by atoms with Gasteiger partial charge in [0.2, 0.25) is 5.89 Å². The first kappa shape index (κ1) is 14.7. The average Bonchev–Trinajstić information content (AvgIpc) is 2.92. The summed E-state index contributed by atoms with van der Waals surface area (Å²) in [6, 6.07) is 10.7. The smallest absolute Gasteiger partial charge is 0.240 e. The van der Waals surface area contributed by atoms with E-state index in [0.29, 0.717) is 18.5 Å². The summed E-state index contributed by atoms with van der Waals surface area (Å²) in [6.07, 6.45) is 4.21. The van der Waals surface area contributed by atoms with Crippen molar-refractivity contribution >= 4 is 0 Å². The van der Waals surface area contributed by atoms with Crippen LogP contribution in [0.2, 0.25) is 0 Å². The molecule has 1 atom stereocenters. The lowest BCUT2D eigenvalue weighted by atomic mass is 10.1. The van der Waals surface area contributed by atoms with Crippen LogP contribution in [0.15, 0.2) is 34.9 Å². The van der Waals surface area contributed by atoms with Gasteiger partial charge in [0, 0.05) is 12.5 Å². The molecule has 1 aromatic heterocycles. The van der Waals surface area contributed by atoms with Crippen LogP contribution in [0.4, 0.5) is 0 Å². The number of aromatic nitrogens is 2. The molecule has 2 aromatic rings. The van der Waals surface area contributed by atoms with E-state index in [9.17, 15) is 0 Å². The quantitative estimate of drug-likeness (QED) is 0.801. The third-order valence-electron chi connectivity index (χ3n) is 3.39. The molecule has 0 saturated heterocycles. The summed E-state index contributed by atoms with van der Waals surface area (Å²) in [4.78, 5) is 4.43. The van der Waals surface area contributed by atoms with Gasteiger partial charge in [0.25, 0.3) is 0 Å². The van der Waals surface area contributed by atoms with Crippen LogP contribution in [0, 0.1) is 0 Å². The Morgan fingerprint density at radius 1 is 1.20 bits per heavy atom. The summed E-state index contributed by atoms with van der Waals surface area (Å²) in [5, 5.41) is 7.50. The van der Waals surface area contributed by atoms with Crippen LogP contribution in [0.25, 0.3) is 0 Å². The van der Waals surface area contributed by atoms with Crippen molar-refractivity contribution in [2.45, 2.75) is 52.1 Å². The average molecular weight is 273 g/mol. The second-order valence-electron chi connectivity index (χ2n) is 5.04. The molecule has 0 bridgehead atoms. The summed E-state index contributed by atoms with van der Waals surface area (Å²) in [7, 11) is 0. The molecule has 2 rings (SSSR count). The molecular weight excluding hydrogens is 250 g/mol. The lowest BCUT2D eigenvalue weighted by molar-refractivity contribution is 0.347. The molecular formula is C16H23N3O. The number of benzene rings is 1. The van der Waals surface area contributed by atoms with Crippen molar-refractivity contribution in [2.75, 3.05) is 0 Å². The highest BCUT2D eigenvalue weighted by Gasteiger charge is 2.09. The van der Waals surface area contributed by atoms with Crippen molar-refractivity contribution in [1.82, 2.24) is 15.5 Å². The number of rotatable bonds is 8. The van der Waals surface area contributed by atoms with Gasteiger partial charge < -0.3 is 9.84 Å². The molecule has 1 aromatic carbocycles.